The van der Waals surface area contributed by atoms with Crippen molar-refractivity contribution in [3.05, 3.63) is 146 Å². The van der Waals surface area contributed by atoms with E-state index in [9.17, 15) is 19.0 Å². The van der Waals surface area contributed by atoms with Gasteiger partial charge >= 0.3 is 11.9 Å². The van der Waals surface area contributed by atoms with Crippen molar-refractivity contribution in [2.24, 2.45) is 0 Å². The second-order valence-corrected chi connectivity index (χ2v) is 23.1. The predicted molar refractivity (Wildman–Crippen MR) is 341 cm³/mol. The number of allylic oxidation sites excluding steroid dienone is 24. The highest BCUT2D eigenvalue weighted by molar-refractivity contribution is 7.45. The molecule has 0 bridgehead atoms. The van der Waals surface area contributed by atoms with Crippen molar-refractivity contribution in [1.82, 2.24) is 0 Å². The molecular weight excluding hydrogens is 1010 g/mol. The summed E-state index contributed by atoms with van der Waals surface area (Å²) in [4.78, 5) is 37.9. The first-order chi connectivity index (χ1) is 39.0. The van der Waals surface area contributed by atoms with Gasteiger partial charge in [0.2, 0.25) is 0 Å². The topological polar surface area (TPSA) is 111 Å². The van der Waals surface area contributed by atoms with Gasteiger partial charge in [-0.05, 0) is 122 Å². The molecule has 2 atom stereocenters. The number of esters is 2. The maximum atomic E-state index is 12.8. The highest BCUT2D eigenvalue weighted by Gasteiger charge is 2.22. The number of hydrogen-bond acceptors (Lipinski definition) is 8. The highest BCUT2D eigenvalue weighted by atomic mass is 31.2. The molecule has 0 saturated carbocycles. The van der Waals surface area contributed by atoms with E-state index in [1.54, 1.807) is 0 Å². The summed E-state index contributed by atoms with van der Waals surface area (Å²) < 4.78 is 34.1. The summed E-state index contributed by atoms with van der Waals surface area (Å²) in [6.45, 7) is 4.08. The van der Waals surface area contributed by atoms with E-state index in [0.29, 0.717) is 17.4 Å². The zero-order valence-electron chi connectivity index (χ0n) is 51.5. The first-order valence-electron chi connectivity index (χ1n) is 31.5. The smallest absolute Gasteiger partial charge is 0.306 e. The molecule has 0 heterocycles. The number of quaternary nitrogens is 1. The molecule has 0 aromatic heterocycles. The third kappa shape index (κ3) is 63.1. The number of carbonyl (C=O) groups is 2. The Kier molecular flexibility index (Phi) is 56.5. The lowest BCUT2D eigenvalue weighted by Gasteiger charge is -2.28. The Balaban J connectivity index is 4.19. The van der Waals surface area contributed by atoms with E-state index in [2.05, 4.69) is 160 Å². The fourth-order valence-electron chi connectivity index (χ4n) is 8.01. The lowest BCUT2D eigenvalue weighted by atomic mass is 10.1. The molecule has 2 unspecified atom stereocenters. The molecule has 0 rings (SSSR count). The molecule has 0 fully saturated rings. The van der Waals surface area contributed by atoms with E-state index in [0.717, 1.165) is 135 Å². The summed E-state index contributed by atoms with van der Waals surface area (Å²) in [6.07, 6.45) is 87.6. The van der Waals surface area contributed by atoms with Crippen LogP contribution in [0, 0.1) is 0 Å². The number of unbranched alkanes of at least 4 members (excludes halogenated alkanes) is 18. The van der Waals surface area contributed by atoms with Crippen LogP contribution in [0.15, 0.2) is 146 Å². The van der Waals surface area contributed by atoms with Gasteiger partial charge in [-0.15, -0.1) is 0 Å². The average Bonchev–Trinajstić information content (AvgIpc) is 3.42. The van der Waals surface area contributed by atoms with Gasteiger partial charge < -0.3 is 27.9 Å². The summed E-state index contributed by atoms with van der Waals surface area (Å²) >= 11 is 0. The van der Waals surface area contributed by atoms with Crippen LogP contribution in [0.2, 0.25) is 0 Å². The van der Waals surface area contributed by atoms with Gasteiger partial charge in [-0.2, -0.15) is 0 Å². The summed E-state index contributed by atoms with van der Waals surface area (Å²) in [7, 11) is 1.13. The van der Waals surface area contributed by atoms with Crippen LogP contribution in [0.4, 0.5) is 0 Å². The Hall–Kier alpha value is -4.11. The average molecular weight is 1130 g/mol. The van der Waals surface area contributed by atoms with Gasteiger partial charge in [-0.1, -0.05) is 243 Å². The van der Waals surface area contributed by atoms with E-state index in [4.69, 9.17) is 18.5 Å². The van der Waals surface area contributed by atoms with Crippen molar-refractivity contribution in [1.29, 1.82) is 0 Å². The Morgan fingerprint density at radius 1 is 0.400 bits per heavy atom. The number of phosphoric ester groups is 1. The van der Waals surface area contributed by atoms with E-state index < -0.39 is 32.5 Å². The van der Waals surface area contributed by atoms with Crippen molar-refractivity contribution in [2.75, 3.05) is 47.5 Å². The number of carbonyl (C=O) groups excluding carboxylic acids is 2. The molecule has 0 spiro atoms. The second-order valence-electron chi connectivity index (χ2n) is 21.7. The van der Waals surface area contributed by atoms with Crippen LogP contribution in [0.1, 0.15) is 232 Å². The van der Waals surface area contributed by atoms with Crippen LogP contribution in [-0.2, 0) is 32.7 Å². The van der Waals surface area contributed by atoms with Crippen molar-refractivity contribution < 1.29 is 42.1 Å². The van der Waals surface area contributed by atoms with E-state index >= 15 is 0 Å². The van der Waals surface area contributed by atoms with E-state index in [1.807, 2.05) is 21.1 Å². The van der Waals surface area contributed by atoms with Crippen LogP contribution in [0.25, 0.3) is 0 Å². The number of nitrogens with zero attached hydrogens (tertiary/aromatic N) is 1. The van der Waals surface area contributed by atoms with Crippen molar-refractivity contribution in [3.63, 3.8) is 0 Å². The molecule has 9 nitrogen and oxygen atoms in total. The fourth-order valence-corrected chi connectivity index (χ4v) is 8.74. The molecule has 0 amide bonds. The van der Waals surface area contributed by atoms with Gasteiger partial charge in [0.15, 0.2) is 6.10 Å². The van der Waals surface area contributed by atoms with Gasteiger partial charge in [0.1, 0.15) is 19.8 Å². The fraction of sp³-hybridized carbons (Fsp3) is 0.629. The van der Waals surface area contributed by atoms with Crippen LogP contribution < -0.4 is 4.89 Å². The lowest BCUT2D eigenvalue weighted by Crippen LogP contribution is -2.37. The molecule has 10 heteroatoms. The van der Waals surface area contributed by atoms with Crippen molar-refractivity contribution >= 4 is 19.8 Å². The minimum atomic E-state index is -4.65. The zero-order chi connectivity index (χ0) is 58.4. The number of phosphoric acid groups is 1. The predicted octanol–water partition coefficient (Wildman–Crippen LogP) is 19.6. The largest absolute Gasteiger partial charge is 0.756 e. The molecule has 0 aliphatic rings. The normalized spacial score (nSPS) is 14.2. The lowest BCUT2D eigenvalue weighted by molar-refractivity contribution is -0.870. The molecule has 0 N–H and O–H groups in total. The second kappa shape index (κ2) is 59.5. The molecule has 80 heavy (non-hydrogen) atoms. The molecule has 0 aromatic carbocycles. The van der Waals surface area contributed by atoms with Gasteiger partial charge in [0.05, 0.1) is 27.7 Å². The summed E-state index contributed by atoms with van der Waals surface area (Å²) in [6, 6.07) is 0. The van der Waals surface area contributed by atoms with Crippen molar-refractivity contribution in [3.8, 4) is 0 Å². The quantitative estimate of drug-likeness (QED) is 0.0195. The maximum absolute atomic E-state index is 12.8. The molecule has 454 valence electrons. The molecular formula is C70H116NO8P. The Morgan fingerprint density at radius 3 is 1.07 bits per heavy atom. The standard InChI is InChI=1S/C70H116NO8P/c1-6-8-10-12-14-16-18-20-22-24-25-26-27-28-29-30-31-32-33-34-35-36-37-38-39-40-41-42-43-44-45-47-49-51-53-55-57-59-61-63-70(73)79-68(67-78-80(74,75)77-65-64-71(3,4)5)66-76-69(72)62-60-58-56-54-52-50-48-46-23-21-19-17-15-13-11-9-7-2/h8,10,14,16,20-23,25-26,28-29,31-32,34-35,37-38,40-41,43-44,47,49,68H,6-7,9,11-13,15,17-19,24,27,30,33,36,39,42,45-46,48,50-67H2,1-5H3/b10-8-,16-14-,22-20-,23-21-,26-25-,29-28-,32-31-,35-34-,38-37-,41-40-,44-43-,49-47-. The van der Waals surface area contributed by atoms with Gasteiger partial charge in [0.25, 0.3) is 7.82 Å². The molecule has 0 aliphatic heterocycles. The van der Waals surface area contributed by atoms with Gasteiger partial charge in [0, 0.05) is 12.8 Å². The van der Waals surface area contributed by atoms with Crippen LogP contribution >= 0.6 is 7.82 Å². The molecule has 0 saturated heterocycles. The summed E-state index contributed by atoms with van der Waals surface area (Å²) in [5.41, 5.74) is 0. The molecule has 0 aliphatic carbocycles. The minimum Gasteiger partial charge on any atom is -0.756 e. The molecule has 0 radical (unpaired) electrons. The monoisotopic (exact) mass is 1130 g/mol. The van der Waals surface area contributed by atoms with Gasteiger partial charge in [-0.3, -0.25) is 14.2 Å². The highest BCUT2D eigenvalue weighted by Crippen LogP contribution is 2.38. The summed E-state index contributed by atoms with van der Waals surface area (Å²) in [5.74, 6) is -0.869. The van der Waals surface area contributed by atoms with Crippen LogP contribution in [0.3, 0.4) is 0 Å². The van der Waals surface area contributed by atoms with Gasteiger partial charge in [-0.25, -0.2) is 0 Å². The Morgan fingerprint density at radius 2 is 0.713 bits per heavy atom. The zero-order valence-corrected chi connectivity index (χ0v) is 52.4. The number of ether oxygens (including phenoxy) is 2. The SMILES string of the molecule is CC/C=C\C/C=C\C/C=C\C/C=C\C/C=C\C/C=C\C/C=C\C/C=C\C/C=C\C/C=C\C/C=C\CCCCCCCC(=O)OC(COC(=O)CCCCCCCCC/C=C\CCCCCCCC)COP(=O)([O-])OCC[N+](C)(C)C. The number of hydrogen-bond donors (Lipinski definition) is 0. The third-order valence-electron chi connectivity index (χ3n) is 12.8. The van der Waals surface area contributed by atoms with Crippen LogP contribution in [0.5, 0.6) is 0 Å². The number of rotatable bonds is 56. The Bertz CT molecular complexity index is 1860. The van der Waals surface area contributed by atoms with E-state index in [1.165, 1.54) is 64.2 Å². The van der Waals surface area contributed by atoms with Crippen molar-refractivity contribution in [2.45, 2.75) is 238 Å². The Labute approximate surface area is 491 Å². The van der Waals surface area contributed by atoms with Crippen LogP contribution in [-0.4, -0.2) is 70.0 Å². The maximum Gasteiger partial charge on any atom is 0.306 e. The first kappa shape index (κ1) is 75.9. The minimum absolute atomic E-state index is 0.0428. The first-order valence-corrected chi connectivity index (χ1v) is 33.0. The number of likely N-dealkylation sites (N-methyl/N-ethyl adjacent to an activating group) is 1. The third-order valence-corrected chi connectivity index (χ3v) is 13.8. The molecule has 0 aromatic rings. The summed E-state index contributed by atoms with van der Waals surface area (Å²) in [5, 5.41) is 0. The van der Waals surface area contributed by atoms with E-state index in [-0.39, 0.29) is 26.1 Å².